The second-order valence-corrected chi connectivity index (χ2v) is 4.17. The fourth-order valence-electron chi connectivity index (χ4n) is 1.52. The largest absolute Gasteiger partial charge is 0.481 e. The molecule has 0 saturated heterocycles. The Balaban J connectivity index is 2.96. The lowest BCUT2D eigenvalue weighted by Crippen LogP contribution is -2.30. The van der Waals surface area contributed by atoms with Gasteiger partial charge in [0.1, 0.15) is 6.07 Å². The molecule has 2 atom stereocenters. The summed E-state index contributed by atoms with van der Waals surface area (Å²) in [6.45, 7) is 5.33. The summed E-state index contributed by atoms with van der Waals surface area (Å²) in [5, 5.41) is 21.0. The van der Waals surface area contributed by atoms with Crippen LogP contribution in [0.5, 0.6) is 0 Å². The van der Waals surface area contributed by atoms with Crippen LogP contribution in [0.25, 0.3) is 0 Å². The van der Waals surface area contributed by atoms with Crippen molar-refractivity contribution in [1.82, 2.24) is 0 Å². The number of nitrogens with one attached hydrogen (secondary N) is 1. The molecule has 2 N–H and O–H groups in total. The maximum Gasteiger partial charge on any atom is 0.308 e. The number of carboxylic acids is 1. The minimum Gasteiger partial charge on any atom is -0.481 e. The monoisotopic (exact) mass is 232 g/mol. The van der Waals surface area contributed by atoms with E-state index in [1.165, 1.54) is 0 Å². The van der Waals surface area contributed by atoms with Gasteiger partial charge in [0.25, 0.3) is 0 Å². The van der Waals surface area contributed by atoms with Crippen molar-refractivity contribution in [2.45, 2.75) is 26.8 Å². The summed E-state index contributed by atoms with van der Waals surface area (Å²) in [5.74, 6) is -1.36. The molecule has 0 aliphatic heterocycles. The molecular formula is C13H16N2O2. The van der Waals surface area contributed by atoms with Gasteiger partial charge in [-0.15, -0.1) is 0 Å². The molecule has 0 saturated carbocycles. The fraction of sp³-hybridized carbons (Fsp3) is 0.385. The van der Waals surface area contributed by atoms with Gasteiger partial charge in [-0.3, -0.25) is 4.79 Å². The van der Waals surface area contributed by atoms with Crippen molar-refractivity contribution in [2.24, 2.45) is 5.92 Å². The van der Waals surface area contributed by atoms with Gasteiger partial charge < -0.3 is 10.4 Å². The average molecular weight is 232 g/mol. The van der Waals surface area contributed by atoms with Gasteiger partial charge in [0.2, 0.25) is 0 Å². The molecule has 0 spiro atoms. The van der Waals surface area contributed by atoms with E-state index in [2.05, 4.69) is 11.4 Å². The Morgan fingerprint density at radius 1 is 1.47 bits per heavy atom. The zero-order valence-corrected chi connectivity index (χ0v) is 10.2. The molecule has 0 aliphatic rings. The van der Waals surface area contributed by atoms with Crippen LogP contribution >= 0.6 is 0 Å². The Labute approximate surface area is 101 Å². The molecule has 1 aromatic rings. The van der Waals surface area contributed by atoms with E-state index in [0.717, 1.165) is 11.3 Å². The third-order valence-corrected chi connectivity index (χ3v) is 2.90. The zero-order chi connectivity index (χ0) is 13.0. The standard InChI is InChI=1S/C13H16N2O2/c1-8-5-4-6-11(7-14)12(8)15-10(3)9(2)13(16)17/h4-6,9-10,15H,1-3H3,(H,16,17). The molecular weight excluding hydrogens is 216 g/mol. The van der Waals surface area contributed by atoms with Crippen molar-refractivity contribution >= 4 is 11.7 Å². The predicted octanol–water partition coefficient (Wildman–Crippen LogP) is 2.39. The number of carbonyl (C=O) groups is 1. The maximum absolute atomic E-state index is 10.9. The lowest BCUT2D eigenvalue weighted by Gasteiger charge is -2.21. The minimum absolute atomic E-state index is 0.235. The van der Waals surface area contributed by atoms with Gasteiger partial charge in [0, 0.05) is 6.04 Å². The van der Waals surface area contributed by atoms with Gasteiger partial charge in [-0.05, 0) is 32.4 Å². The fourth-order valence-corrected chi connectivity index (χ4v) is 1.52. The summed E-state index contributed by atoms with van der Waals surface area (Å²) in [6, 6.07) is 7.28. The van der Waals surface area contributed by atoms with Crippen molar-refractivity contribution < 1.29 is 9.90 Å². The smallest absolute Gasteiger partial charge is 0.308 e. The molecule has 0 fully saturated rings. The van der Waals surface area contributed by atoms with Crippen molar-refractivity contribution in [3.05, 3.63) is 29.3 Å². The van der Waals surface area contributed by atoms with Crippen molar-refractivity contribution in [3.8, 4) is 6.07 Å². The van der Waals surface area contributed by atoms with E-state index in [1.54, 1.807) is 19.9 Å². The second kappa shape index (κ2) is 5.35. The number of rotatable bonds is 4. The minimum atomic E-state index is -0.850. The van der Waals surface area contributed by atoms with Crippen LogP contribution in [0.4, 0.5) is 5.69 Å². The number of nitrogens with zero attached hydrogens (tertiary/aromatic N) is 1. The topological polar surface area (TPSA) is 73.1 Å². The van der Waals surface area contributed by atoms with Gasteiger partial charge in [0.15, 0.2) is 0 Å². The number of para-hydroxylation sites is 1. The summed E-state index contributed by atoms with van der Waals surface area (Å²) in [5.41, 5.74) is 2.19. The molecule has 0 amide bonds. The van der Waals surface area contributed by atoms with Crippen molar-refractivity contribution in [1.29, 1.82) is 5.26 Å². The molecule has 0 radical (unpaired) electrons. The van der Waals surface area contributed by atoms with Crippen LogP contribution < -0.4 is 5.32 Å². The van der Waals surface area contributed by atoms with E-state index < -0.39 is 11.9 Å². The normalized spacial score (nSPS) is 13.5. The number of carboxylic acid groups (broad SMARTS) is 1. The van der Waals surface area contributed by atoms with Crippen LogP contribution in [0.3, 0.4) is 0 Å². The van der Waals surface area contributed by atoms with Crippen LogP contribution in [0, 0.1) is 24.2 Å². The number of aliphatic carboxylic acids is 1. The number of nitriles is 1. The van der Waals surface area contributed by atoms with E-state index in [4.69, 9.17) is 10.4 Å². The summed E-state index contributed by atoms with van der Waals surface area (Å²) < 4.78 is 0. The Bertz CT molecular complexity index is 463. The first-order chi connectivity index (χ1) is 7.97. The van der Waals surface area contributed by atoms with Crippen molar-refractivity contribution in [2.75, 3.05) is 5.32 Å². The highest BCUT2D eigenvalue weighted by Gasteiger charge is 2.20. The molecule has 0 aromatic heterocycles. The van der Waals surface area contributed by atoms with Gasteiger partial charge in [-0.2, -0.15) is 5.26 Å². The van der Waals surface area contributed by atoms with Gasteiger partial charge in [0.05, 0.1) is 17.2 Å². The lowest BCUT2D eigenvalue weighted by molar-refractivity contribution is -0.141. The molecule has 90 valence electrons. The van der Waals surface area contributed by atoms with Crippen LogP contribution in [0.2, 0.25) is 0 Å². The number of benzene rings is 1. The van der Waals surface area contributed by atoms with E-state index in [-0.39, 0.29) is 6.04 Å². The summed E-state index contributed by atoms with van der Waals surface area (Å²) >= 11 is 0. The Hall–Kier alpha value is -2.02. The van der Waals surface area contributed by atoms with Crippen LogP contribution in [-0.2, 0) is 4.79 Å². The van der Waals surface area contributed by atoms with Gasteiger partial charge >= 0.3 is 5.97 Å². The Morgan fingerprint density at radius 2 is 2.12 bits per heavy atom. The molecule has 2 unspecified atom stereocenters. The first-order valence-electron chi connectivity index (χ1n) is 5.46. The van der Waals surface area contributed by atoms with Gasteiger partial charge in [-0.1, -0.05) is 12.1 Å². The first-order valence-corrected chi connectivity index (χ1v) is 5.46. The SMILES string of the molecule is Cc1cccc(C#N)c1NC(C)C(C)C(=O)O. The second-order valence-electron chi connectivity index (χ2n) is 4.17. The van der Waals surface area contributed by atoms with E-state index in [0.29, 0.717) is 5.56 Å². The third-order valence-electron chi connectivity index (χ3n) is 2.90. The summed E-state index contributed by atoms with van der Waals surface area (Å²) in [7, 11) is 0. The van der Waals surface area contributed by atoms with Crippen LogP contribution in [0.1, 0.15) is 25.0 Å². The van der Waals surface area contributed by atoms with Crippen molar-refractivity contribution in [3.63, 3.8) is 0 Å². The number of anilines is 1. The first kappa shape index (κ1) is 13.0. The van der Waals surface area contributed by atoms with E-state index >= 15 is 0 Å². The average Bonchev–Trinajstić information content (AvgIpc) is 2.30. The van der Waals surface area contributed by atoms with Crippen LogP contribution in [0.15, 0.2) is 18.2 Å². The Kier molecular flexibility index (Phi) is 4.11. The molecule has 4 nitrogen and oxygen atoms in total. The van der Waals surface area contributed by atoms with Gasteiger partial charge in [-0.25, -0.2) is 0 Å². The molecule has 1 aromatic carbocycles. The highest BCUT2D eigenvalue weighted by molar-refractivity contribution is 5.72. The molecule has 17 heavy (non-hydrogen) atoms. The molecule has 1 rings (SSSR count). The number of hydrogen-bond acceptors (Lipinski definition) is 3. The lowest BCUT2D eigenvalue weighted by atomic mass is 10.0. The molecule has 4 heteroatoms. The maximum atomic E-state index is 10.9. The quantitative estimate of drug-likeness (QED) is 0.836. The molecule has 0 aliphatic carbocycles. The summed E-state index contributed by atoms with van der Waals surface area (Å²) in [4.78, 5) is 10.9. The van der Waals surface area contributed by atoms with E-state index in [1.807, 2.05) is 19.1 Å². The predicted molar refractivity (Wildman–Crippen MR) is 65.8 cm³/mol. The number of aryl methyl sites for hydroxylation is 1. The molecule has 0 bridgehead atoms. The zero-order valence-electron chi connectivity index (χ0n) is 10.2. The highest BCUT2D eigenvalue weighted by atomic mass is 16.4. The third kappa shape index (κ3) is 2.97. The molecule has 0 heterocycles. The van der Waals surface area contributed by atoms with E-state index in [9.17, 15) is 4.79 Å². The summed E-state index contributed by atoms with van der Waals surface area (Å²) in [6.07, 6.45) is 0. The number of hydrogen-bond donors (Lipinski definition) is 2. The van der Waals surface area contributed by atoms with Crippen LogP contribution in [-0.4, -0.2) is 17.1 Å². The Morgan fingerprint density at radius 3 is 2.65 bits per heavy atom. The highest BCUT2D eigenvalue weighted by Crippen LogP contribution is 2.22.